The Morgan fingerprint density at radius 3 is 2.64 bits per heavy atom. The molecule has 0 radical (unpaired) electrons. The Labute approximate surface area is 148 Å². The van der Waals surface area contributed by atoms with Gasteiger partial charge in [0, 0.05) is 23.9 Å². The van der Waals surface area contributed by atoms with Gasteiger partial charge in [-0.05, 0) is 17.7 Å². The van der Waals surface area contributed by atoms with Crippen LogP contribution in [0.2, 0.25) is 0 Å². The zero-order chi connectivity index (χ0) is 17.5. The summed E-state index contributed by atoms with van der Waals surface area (Å²) in [7, 11) is 1.68. The van der Waals surface area contributed by atoms with Crippen LogP contribution in [-0.2, 0) is 13.1 Å². The van der Waals surface area contributed by atoms with E-state index >= 15 is 0 Å². The standard InChI is InChI=1S/C21H21N3O/c1-3-13-22-14-18-16-24(15-17-9-5-4-6-10-17)23-21(18)19-11-7-8-12-20(19)25-2/h1,4-12,16,22H,13-15H2,2H3. The number of aromatic nitrogens is 2. The van der Waals surface area contributed by atoms with Crippen molar-refractivity contribution >= 4 is 0 Å². The first-order valence-corrected chi connectivity index (χ1v) is 8.19. The Morgan fingerprint density at radius 2 is 1.88 bits per heavy atom. The molecule has 126 valence electrons. The van der Waals surface area contributed by atoms with Gasteiger partial charge in [0.2, 0.25) is 0 Å². The van der Waals surface area contributed by atoms with Crippen molar-refractivity contribution in [3.8, 4) is 29.4 Å². The van der Waals surface area contributed by atoms with E-state index in [2.05, 4.69) is 29.6 Å². The fraction of sp³-hybridized carbons (Fsp3) is 0.190. The van der Waals surface area contributed by atoms with Gasteiger partial charge in [-0.25, -0.2) is 0 Å². The average Bonchev–Trinajstić information content (AvgIpc) is 3.05. The molecule has 0 aliphatic rings. The average molecular weight is 331 g/mol. The van der Waals surface area contributed by atoms with E-state index in [1.165, 1.54) is 5.56 Å². The van der Waals surface area contributed by atoms with Crippen molar-refractivity contribution in [2.45, 2.75) is 13.1 Å². The smallest absolute Gasteiger partial charge is 0.128 e. The lowest BCUT2D eigenvalue weighted by molar-refractivity contribution is 0.416. The summed E-state index contributed by atoms with van der Waals surface area (Å²) in [6.07, 6.45) is 7.41. The molecule has 4 heteroatoms. The highest BCUT2D eigenvalue weighted by Gasteiger charge is 2.15. The molecule has 0 atom stereocenters. The molecule has 1 aromatic heterocycles. The summed E-state index contributed by atoms with van der Waals surface area (Å²) in [6.45, 7) is 1.90. The maximum Gasteiger partial charge on any atom is 0.128 e. The quantitative estimate of drug-likeness (QED) is 0.533. The van der Waals surface area contributed by atoms with Crippen LogP contribution < -0.4 is 10.1 Å². The number of rotatable bonds is 7. The second-order valence-electron chi connectivity index (χ2n) is 5.69. The van der Waals surface area contributed by atoms with Crippen molar-refractivity contribution in [2.24, 2.45) is 0 Å². The minimum Gasteiger partial charge on any atom is -0.496 e. The third kappa shape index (κ3) is 4.09. The molecule has 0 unspecified atom stereocenters. The van der Waals surface area contributed by atoms with Crippen LogP contribution in [0.25, 0.3) is 11.3 Å². The molecule has 1 N–H and O–H groups in total. The number of terminal acetylenes is 1. The highest BCUT2D eigenvalue weighted by atomic mass is 16.5. The van der Waals surface area contributed by atoms with E-state index in [0.717, 1.165) is 29.1 Å². The number of methoxy groups -OCH3 is 1. The first-order valence-electron chi connectivity index (χ1n) is 8.19. The first-order chi connectivity index (χ1) is 12.3. The van der Waals surface area contributed by atoms with Crippen molar-refractivity contribution in [3.05, 3.63) is 71.9 Å². The number of hydrogen-bond acceptors (Lipinski definition) is 3. The molecular weight excluding hydrogens is 310 g/mol. The van der Waals surface area contributed by atoms with Crippen LogP contribution in [0.1, 0.15) is 11.1 Å². The van der Waals surface area contributed by atoms with Gasteiger partial charge in [0.05, 0.1) is 20.2 Å². The minimum absolute atomic E-state index is 0.523. The van der Waals surface area contributed by atoms with Crippen molar-refractivity contribution in [1.29, 1.82) is 0 Å². The summed E-state index contributed by atoms with van der Waals surface area (Å²) >= 11 is 0. The van der Waals surface area contributed by atoms with Crippen LogP contribution in [0.3, 0.4) is 0 Å². The summed E-state index contributed by atoms with van der Waals surface area (Å²) in [5, 5.41) is 8.05. The highest BCUT2D eigenvalue weighted by Crippen LogP contribution is 2.31. The summed E-state index contributed by atoms with van der Waals surface area (Å²) in [6, 6.07) is 18.2. The Hall–Kier alpha value is -3.03. The normalized spacial score (nSPS) is 10.4. The molecule has 0 spiro atoms. The van der Waals surface area contributed by atoms with Gasteiger partial charge in [0.1, 0.15) is 11.4 Å². The van der Waals surface area contributed by atoms with E-state index in [1.807, 2.05) is 47.1 Å². The summed E-state index contributed by atoms with van der Waals surface area (Å²) < 4.78 is 7.47. The maximum absolute atomic E-state index is 5.51. The molecule has 1 heterocycles. The van der Waals surface area contributed by atoms with Crippen LogP contribution in [0.5, 0.6) is 5.75 Å². The van der Waals surface area contributed by atoms with Crippen molar-refractivity contribution in [3.63, 3.8) is 0 Å². The van der Waals surface area contributed by atoms with Crippen LogP contribution in [-0.4, -0.2) is 23.4 Å². The van der Waals surface area contributed by atoms with Crippen LogP contribution >= 0.6 is 0 Å². The van der Waals surface area contributed by atoms with Crippen molar-refractivity contribution in [1.82, 2.24) is 15.1 Å². The number of nitrogens with one attached hydrogen (secondary N) is 1. The Kier molecular flexibility index (Phi) is 5.50. The summed E-state index contributed by atoms with van der Waals surface area (Å²) in [4.78, 5) is 0. The Balaban J connectivity index is 1.95. The fourth-order valence-electron chi connectivity index (χ4n) is 2.78. The van der Waals surface area contributed by atoms with Gasteiger partial charge in [0.15, 0.2) is 0 Å². The second-order valence-corrected chi connectivity index (χ2v) is 5.69. The number of ether oxygens (including phenoxy) is 1. The third-order valence-electron chi connectivity index (χ3n) is 3.93. The Morgan fingerprint density at radius 1 is 1.12 bits per heavy atom. The predicted molar refractivity (Wildman–Crippen MR) is 100 cm³/mol. The fourth-order valence-corrected chi connectivity index (χ4v) is 2.78. The molecule has 3 rings (SSSR count). The van der Waals surface area contributed by atoms with E-state index in [-0.39, 0.29) is 0 Å². The van der Waals surface area contributed by atoms with Crippen LogP contribution in [0.15, 0.2) is 60.8 Å². The zero-order valence-electron chi connectivity index (χ0n) is 14.3. The van der Waals surface area contributed by atoms with Crippen LogP contribution in [0, 0.1) is 12.3 Å². The minimum atomic E-state index is 0.523. The van der Waals surface area contributed by atoms with Crippen molar-refractivity contribution in [2.75, 3.05) is 13.7 Å². The Bertz CT molecular complexity index is 862. The zero-order valence-corrected chi connectivity index (χ0v) is 14.3. The molecule has 0 aliphatic carbocycles. The number of benzene rings is 2. The van der Waals surface area contributed by atoms with E-state index in [0.29, 0.717) is 13.1 Å². The van der Waals surface area contributed by atoms with E-state index in [4.69, 9.17) is 16.3 Å². The molecule has 3 aromatic rings. The van der Waals surface area contributed by atoms with E-state index < -0.39 is 0 Å². The number of para-hydroxylation sites is 1. The molecule has 2 aromatic carbocycles. The molecule has 0 fully saturated rings. The van der Waals surface area contributed by atoms with Gasteiger partial charge >= 0.3 is 0 Å². The molecule has 0 aliphatic heterocycles. The van der Waals surface area contributed by atoms with Gasteiger partial charge < -0.3 is 10.1 Å². The predicted octanol–water partition coefficient (Wildman–Crippen LogP) is 3.33. The van der Waals surface area contributed by atoms with Gasteiger partial charge in [-0.1, -0.05) is 48.4 Å². The molecule has 0 saturated carbocycles. The topological polar surface area (TPSA) is 39.1 Å². The van der Waals surface area contributed by atoms with Crippen LogP contribution in [0.4, 0.5) is 0 Å². The molecule has 4 nitrogen and oxygen atoms in total. The molecule has 25 heavy (non-hydrogen) atoms. The maximum atomic E-state index is 5.51. The largest absolute Gasteiger partial charge is 0.496 e. The summed E-state index contributed by atoms with van der Waals surface area (Å²) in [5.41, 5.74) is 4.20. The third-order valence-corrected chi connectivity index (χ3v) is 3.93. The number of hydrogen-bond donors (Lipinski definition) is 1. The van der Waals surface area contributed by atoms with Gasteiger partial charge in [-0.15, -0.1) is 6.42 Å². The summed E-state index contributed by atoms with van der Waals surface area (Å²) in [5.74, 6) is 3.41. The monoisotopic (exact) mass is 331 g/mol. The van der Waals surface area contributed by atoms with Crippen molar-refractivity contribution < 1.29 is 4.74 Å². The molecule has 0 saturated heterocycles. The molecular formula is C21H21N3O. The van der Waals surface area contributed by atoms with Gasteiger partial charge in [0.25, 0.3) is 0 Å². The lowest BCUT2D eigenvalue weighted by atomic mass is 10.1. The van der Waals surface area contributed by atoms with Gasteiger partial charge in [-0.2, -0.15) is 5.10 Å². The highest BCUT2D eigenvalue weighted by molar-refractivity contribution is 5.69. The SMILES string of the molecule is C#CCNCc1cn(Cc2ccccc2)nc1-c1ccccc1OC. The second kappa shape index (κ2) is 8.18. The molecule has 0 bridgehead atoms. The van der Waals surface area contributed by atoms with Gasteiger partial charge in [-0.3, -0.25) is 4.68 Å². The first kappa shape index (κ1) is 16.8. The lowest BCUT2D eigenvalue weighted by Gasteiger charge is -2.08. The number of nitrogens with zero attached hydrogens (tertiary/aromatic N) is 2. The molecule has 0 amide bonds. The van der Waals surface area contributed by atoms with E-state index in [9.17, 15) is 0 Å². The van der Waals surface area contributed by atoms with E-state index in [1.54, 1.807) is 7.11 Å². The lowest BCUT2D eigenvalue weighted by Crippen LogP contribution is -2.13.